The molecule has 0 saturated carbocycles. The number of halogens is 1. The fourth-order valence-electron chi connectivity index (χ4n) is 1.00. The number of hydrogen-bond acceptors (Lipinski definition) is 1. The lowest BCUT2D eigenvalue weighted by atomic mass is 10.2. The maximum atomic E-state index is 5.43. The van der Waals surface area contributed by atoms with Gasteiger partial charge < -0.3 is 4.74 Å². The second kappa shape index (κ2) is 3.56. The van der Waals surface area contributed by atoms with Crippen molar-refractivity contribution >= 4 is 22.6 Å². The maximum Gasteiger partial charge on any atom is 0.0727 e. The molecular formula is C7H11IO. The van der Waals surface area contributed by atoms with Crippen LogP contribution in [0.4, 0.5) is 0 Å². The van der Waals surface area contributed by atoms with Crippen molar-refractivity contribution in [2.24, 2.45) is 0 Å². The van der Waals surface area contributed by atoms with Gasteiger partial charge in [0.25, 0.3) is 0 Å². The molecule has 52 valence electrons. The van der Waals surface area contributed by atoms with Gasteiger partial charge in [0.05, 0.1) is 6.10 Å². The van der Waals surface area contributed by atoms with Crippen LogP contribution in [0.15, 0.2) is 12.7 Å². The van der Waals surface area contributed by atoms with Crippen molar-refractivity contribution in [3.63, 3.8) is 0 Å². The van der Waals surface area contributed by atoms with Crippen LogP contribution in [0, 0.1) is 0 Å². The highest BCUT2D eigenvalue weighted by atomic mass is 127. The third-order valence-electron chi connectivity index (χ3n) is 1.53. The Morgan fingerprint density at radius 1 is 1.78 bits per heavy atom. The molecule has 0 bridgehead atoms. The van der Waals surface area contributed by atoms with Crippen molar-refractivity contribution in [1.82, 2.24) is 0 Å². The summed E-state index contributed by atoms with van der Waals surface area (Å²) in [6.07, 6.45) is 4.59. The van der Waals surface area contributed by atoms with Gasteiger partial charge in [-0.1, -0.05) is 28.7 Å². The predicted octanol–water partition coefficient (Wildman–Crippen LogP) is 2.16. The van der Waals surface area contributed by atoms with Gasteiger partial charge in [0.2, 0.25) is 0 Å². The first-order valence-electron chi connectivity index (χ1n) is 3.21. The highest BCUT2D eigenvalue weighted by Gasteiger charge is 2.23. The molecule has 0 amide bonds. The van der Waals surface area contributed by atoms with E-state index in [1.807, 2.05) is 6.08 Å². The van der Waals surface area contributed by atoms with Crippen LogP contribution in [-0.4, -0.2) is 16.6 Å². The van der Waals surface area contributed by atoms with Crippen molar-refractivity contribution in [2.75, 3.05) is 6.61 Å². The van der Waals surface area contributed by atoms with Gasteiger partial charge in [0.15, 0.2) is 0 Å². The summed E-state index contributed by atoms with van der Waals surface area (Å²) in [5.41, 5.74) is 0. The van der Waals surface area contributed by atoms with E-state index in [9.17, 15) is 0 Å². The first-order chi connectivity index (χ1) is 4.34. The molecular weight excluding hydrogens is 227 g/mol. The molecule has 2 heteroatoms. The van der Waals surface area contributed by atoms with Crippen molar-refractivity contribution < 1.29 is 4.74 Å². The Kier molecular flexibility index (Phi) is 2.98. The van der Waals surface area contributed by atoms with E-state index in [0.717, 1.165) is 13.0 Å². The zero-order chi connectivity index (χ0) is 6.69. The maximum absolute atomic E-state index is 5.43. The zero-order valence-electron chi connectivity index (χ0n) is 5.35. The second-order valence-electron chi connectivity index (χ2n) is 2.24. The molecule has 9 heavy (non-hydrogen) atoms. The number of rotatable bonds is 2. The van der Waals surface area contributed by atoms with Crippen molar-refractivity contribution in [3.05, 3.63) is 12.7 Å². The summed E-state index contributed by atoms with van der Waals surface area (Å²) >= 11 is 2.44. The summed E-state index contributed by atoms with van der Waals surface area (Å²) in [6, 6.07) is 0. The Hall–Kier alpha value is 0.430. The van der Waals surface area contributed by atoms with Gasteiger partial charge in [0.1, 0.15) is 0 Å². The summed E-state index contributed by atoms with van der Waals surface area (Å²) in [4.78, 5) is 0. The van der Waals surface area contributed by atoms with Crippen LogP contribution in [0.3, 0.4) is 0 Å². The average molecular weight is 238 g/mol. The molecule has 1 aliphatic heterocycles. The number of ether oxygens (including phenoxy) is 1. The van der Waals surface area contributed by atoms with Gasteiger partial charge in [-0.3, -0.25) is 0 Å². The number of hydrogen-bond donors (Lipinski definition) is 0. The average Bonchev–Trinajstić information content (AvgIpc) is 2.18. The lowest BCUT2D eigenvalue weighted by Gasteiger charge is -2.08. The molecule has 0 radical (unpaired) electrons. The van der Waals surface area contributed by atoms with Crippen LogP contribution in [0.2, 0.25) is 0 Å². The third kappa shape index (κ3) is 1.93. The SMILES string of the molecule is C=CC[C@H]1OCC[C@@H]1I. The fourth-order valence-corrected chi connectivity index (χ4v) is 1.76. The van der Waals surface area contributed by atoms with Gasteiger partial charge in [0, 0.05) is 10.5 Å². The van der Waals surface area contributed by atoms with Gasteiger partial charge in [-0.05, 0) is 12.8 Å². The smallest absolute Gasteiger partial charge is 0.0727 e. The molecule has 0 aromatic carbocycles. The molecule has 0 aromatic heterocycles. The van der Waals surface area contributed by atoms with Crippen LogP contribution in [-0.2, 0) is 4.74 Å². The van der Waals surface area contributed by atoms with E-state index in [4.69, 9.17) is 4.74 Å². The summed E-state index contributed by atoms with van der Waals surface area (Å²) in [7, 11) is 0. The second-order valence-corrected chi connectivity index (χ2v) is 3.84. The van der Waals surface area contributed by atoms with Gasteiger partial charge in [-0.15, -0.1) is 6.58 Å². The topological polar surface area (TPSA) is 9.23 Å². The van der Waals surface area contributed by atoms with Crippen LogP contribution in [0.1, 0.15) is 12.8 Å². The zero-order valence-corrected chi connectivity index (χ0v) is 7.50. The fraction of sp³-hybridized carbons (Fsp3) is 0.714. The van der Waals surface area contributed by atoms with Crippen molar-refractivity contribution in [1.29, 1.82) is 0 Å². The molecule has 0 aliphatic carbocycles. The van der Waals surface area contributed by atoms with Gasteiger partial charge >= 0.3 is 0 Å². The normalized spacial score (nSPS) is 34.8. The van der Waals surface area contributed by atoms with Crippen LogP contribution < -0.4 is 0 Å². The first kappa shape index (κ1) is 7.54. The Balaban J connectivity index is 2.30. The highest BCUT2D eigenvalue weighted by molar-refractivity contribution is 14.1. The Morgan fingerprint density at radius 3 is 3.00 bits per heavy atom. The molecule has 1 saturated heterocycles. The Bertz CT molecular complexity index is 103. The molecule has 1 fully saturated rings. The van der Waals surface area contributed by atoms with E-state index in [-0.39, 0.29) is 0 Å². The molecule has 0 N–H and O–H groups in total. The summed E-state index contributed by atoms with van der Waals surface area (Å²) in [6.45, 7) is 4.61. The molecule has 2 atom stereocenters. The molecule has 0 aromatic rings. The molecule has 1 aliphatic rings. The van der Waals surface area contributed by atoms with Crippen molar-refractivity contribution in [2.45, 2.75) is 22.9 Å². The molecule has 1 nitrogen and oxygen atoms in total. The third-order valence-corrected chi connectivity index (χ3v) is 2.95. The van der Waals surface area contributed by atoms with E-state index < -0.39 is 0 Å². The molecule has 0 unspecified atom stereocenters. The lowest BCUT2D eigenvalue weighted by molar-refractivity contribution is 0.117. The monoisotopic (exact) mass is 238 g/mol. The summed E-state index contributed by atoms with van der Waals surface area (Å²) in [5.74, 6) is 0. The minimum Gasteiger partial charge on any atom is -0.377 e. The molecule has 1 rings (SSSR count). The summed E-state index contributed by atoms with van der Waals surface area (Å²) in [5, 5.41) is 0. The highest BCUT2D eigenvalue weighted by Crippen LogP contribution is 2.23. The minimum atomic E-state index is 0.447. The lowest BCUT2D eigenvalue weighted by Crippen LogP contribution is -2.13. The van der Waals surface area contributed by atoms with E-state index in [0.29, 0.717) is 10.0 Å². The largest absolute Gasteiger partial charge is 0.377 e. The number of alkyl halides is 1. The van der Waals surface area contributed by atoms with E-state index in [1.54, 1.807) is 0 Å². The van der Waals surface area contributed by atoms with Gasteiger partial charge in [-0.2, -0.15) is 0 Å². The predicted molar refractivity (Wildman–Crippen MR) is 47.0 cm³/mol. The summed E-state index contributed by atoms with van der Waals surface area (Å²) < 4.78 is 6.14. The van der Waals surface area contributed by atoms with Crippen molar-refractivity contribution in [3.8, 4) is 0 Å². The molecule has 1 heterocycles. The quantitative estimate of drug-likeness (QED) is 0.407. The first-order valence-corrected chi connectivity index (χ1v) is 4.45. The standard InChI is InChI=1S/C7H11IO/c1-2-3-7-6(8)4-5-9-7/h2,6-7H,1,3-5H2/t6-,7+/m0/s1. The van der Waals surface area contributed by atoms with Gasteiger partial charge in [-0.25, -0.2) is 0 Å². The van der Waals surface area contributed by atoms with Crippen LogP contribution in [0.5, 0.6) is 0 Å². The van der Waals surface area contributed by atoms with Crippen LogP contribution in [0.25, 0.3) is 0 Å². The molecule has 0 spiro atoms. The Labute approximate surface area is 69.6 Å². The van der Waals surface area contributed by atoms with E-state index in [2.05, 4.69) is 29.2 Å². The van der Waals surface area contributed by atoms with E-state index in [1.165, 1.54) is 6.42 Å². The van der Waals surface area contributed by atoms with E-state index >= 15 is 0 Å². The Morgan fingerprint density at radius 2 is 2.56 bits per heavy atom. The minimum absolute atomic E-state index is 0.447. The van der Waals surface area contributed by atoms with Crippen LogP contribution >= 0.6 is 22.6 Å².